The quantitative estimate of drug-likeness (QED) is 0.693. The topological polar surface area (TPSA) is 78.5 Å². The number of rotatable bonds is 2. The van der Waals surface area contributed by atoms with Crippen LogP contribution >= 0.6 is 12.2 Å². The van der Waals surface area contributed by atoms with Gasteiger partial charge >= 0.3 is 23.4 Å². The first-order chi connectivity index (χ1) is 12.9. The third-order valence-electron chi connectivity index (χ3n) is 4.28. The Morgan fingerprint density at radius 1 is 1.04 bits per heavy atom. The molecular weight excluding hydrogens is 401 g/mol. The van der Waals surface area contributed by atoms with Gasteiger partial charge in [0.1, 0.15) is 0 Å². The number of alkyl halides is 2. The Balaban J connectivity index is 2.38. The van der Waals surface area contributed by atoms with Crippen molar-refractivity contribution in [3.8, 4) is 11.4 Å². The molecule has 12 heteroatoms. The van der Waals surface area contributed by atoms with E-state index >= 15 is 0 Å². The summed E-state index contributed by atoms with van der Waals surface area (Å²) >= 11 is 4.97. The number of anilines is 1. The first-order valence-electron chi connectivity index (χ1n) is 8.02. The van der Waals surface area contributed by atoms with Gasteiger partial charge in [-0.15, -0.1) is 0 Å². The number of ether oxygens (including phenoxy) is 1. The number of carbonyl (C=O) groups is 1. The summed E-state index contributed by atoms with van der Waals surface area (Å²) in [6.45, 7) is 2.95. The van der Waals surface area contributed by atoms with Gasteiger partial charge in [0.05, 0.1) is 11.4 Å². The van der Waals surface area contributed by atoms with E-state index in [0.29, 0.717) is 10.6 Å². The molecule has 1 amide bonds. The molecule has 0 saturated carbocycles. The number of aromatic nitrogens is 3. The summed E-state index contributed by atoms with van der Waals surface area (Å²) in [7, 11) is 2.59. The third kappa shape index (κ3) is 2.75. The first kappa shape index (κ1) is 19.9. The van der Waals surface area contributed by atoms with Crippen LogP contribution in [0, 0.1) is 10.6 Å². The molecule has 28 heavy (non-hydrogen) atoms. The van der Waals surface area contributed by atoms with Crippen LogP contribution in [0.2, 0.25) is 0 Å². The van der Waals surface area contributed by atoms with Crippen LogP contribution in [0.5, 0.6) is 5.75 Å². The summed E-state index contributed by atoms with van der Waals surface area (Å²) in [4.78, 5) is 37.8. The van der Waals surface area contributed by atoms with Crippen LogP contribution in [0.4, 0.5) is 18.9 Å². The Bertz CT molecular complexity index is 1140. The molecule has 0 atom stereocenters. The molecule has 2 aromatic rings. The number of amides is 1. The highest BCUT2D eigenvalue weighted by molar-refractivity contribution is 7.71. The second-order valence-electron chi connectivity index (χ2n) is 6.46. The minimum atomic E-state index is -4.17. The molecule has 1 aliphatic heterocycles. The first-order valence-corrected chi connectivity index (χ1v) is 8.42. The highest BCUT2D eigenvalue weighted by Crippen LogP contribution is 2.42. The standard InChI is InChI=1S/C16H15F3N4O4S/c1-7(2)22-10-6-9(8(17)5-11(10)27-16(18,19)12(22)24)23-13(25)20(3)15(28)21(4)14(23)26/h5-7H,1-4H3. The molecular formula is C16H15F3N4O4S. The van der Waals surface area contributed by atoms with Gasteiger partial charge in [0.2, 0.25) is 0 Å². The van der Waals surface area contributed by atoms with Gasteiger partial charge in [-0.3, -0.25) is 18.8 Å². The van der Waals surface area contributed by atoms with Gasteiger partial charge < -0.3 is 4.74 Å². The molecule has 8 nitrogen and oxygen atoms in total. The number of fused-ring (bicyclic) bond motifs is 1. The van der Waals surface area contributed by atoms with Gasteiger partial charge in [0.25, 0.3) is 0 Å². The van der Waals surface area contributed by atoms with Gasteiger partial charge in [0, 0.05) is 26.2 Å². The van der Waals surface area contributed by atoms with Gasteiger partial charge in [-0.1, -0.05) is 0 Å². The summed E-state index contributed by atoms with van der Waals surface area (Å²) < 4.78 is 49.1. The van der Waals surface area contributed by atoms with E-state index < -0.39 is 46.7 Å². The van der Waals surface area contributed by atoms with Crippen LogP contribution in [0.1, 0.15) is 13.8 Å². The molecule has 0 unspecified atom stereocenters. The lowest BCUT2D eigenvalue weighted by molar-refractivity contribution is -0.193. The lowest BCUT2D eigenvalue weighted by Crippen LogP contribution is -2.53. The molecule has 0 spiro atoms. The summed E-state index contributed by atoms with van der Waals surface area (Å²) in [5.74, 6) is -3.39. The number of hydrogen-bond donors (Lipinski definition) is 0. The van der Waals surface area contributed by atoms with E-state index in [-0.39, 0.29) is 10.5 Å². The zero-order chi connectivity index (χ0) is 21.1. The predicted octanol–water partition coefficient (Wildman–Crippen LogP) is 1.47. The number of carbonyl (C=O) groups excluding carboxylic acids is 1. The summed E-state index contributed by atoms with van der Waals surface area (Å²) in [5.41, 5.74) is -2.59. The predicted molar refractivity (Wildman–Crippen MR) is 95.2 cm³/mol. The number of nitrogens with zero attached hydrogens (tertiary/aromatic N) is 4. The van der Waals surface area contributed by atoms with Crippen LogP contribution in [0.3, 0.4) is 0 Å². The Hall–Kier alpha value is -2.89. The van der Waals surface area contributed by atoms with Gasteiger partial charge in [-0.2, -0.15) is 8.78 Å². The van der Waals surface area contributed by atoms with E-state index in [9.17, 15) is 27.6 Å². The Kier molecular flexibility index (Phi) is 4.49. The molecule has 0 aliphatic carbocycles. The van der Waals surface area contributed by atoms with Crippen molar-refractivity contribution in [1.82, 2.24) is 13.7 Å². The van der Waals surface area contributed by atoms with Crippen molar-refractivity contribution >= 4 is 23.8 Å². The van der Waals surface area contributed by atoms with Crippen LogP contribution in [-0.4, -0.2) is 31.8 Å². The fourth-order valence-electron chi connectivity index (χ4n) is 2.89. The maximum atomic E-state index is 14.7. The Morgan fingerprint density at radius 3 is 2.07 bits per heavy atom. The Morgan fingerprint density at radius 2 is 1.57 bits per heavy atom. The maximum absolute atomic E-state index is 14.7. The SMILES string of the molecule is CC(C)N1C(=O)C(F)(F)Oc2cc(F)c(-n3c(=O)n(C)c(=S)n(C)c3=O)cc21. The lowest BCUT2D eigenvalue weighted by Gasteiger charge is -2.36. The normalized spacial score (nSPS) is 15.6. The van der Waals surface area contributed by atoms with Crippen molar-refractivity contribution in [1.29, 1.82) is 0 Å². The molecule has 0 bridgehead atoms. The molecule has 3 rings (SSSR count). The van der Waals surface area contributed by atoms with Crippen LogP contribution in [-0.2, 0) is 18.9 Å². The zero-order valence-corrected chi connectivity index (χ0v) is 16.0. The largest absolute Gasteiger partial charge is 0.482 e. The molecule has 0 fully saturated rings. The fraction of sp³-hybridized carbons (Fsp3) is 0.375. The lowest BCUT2D eigenvalue weighted by atomic mass is 10.1. The summed E-state index contributed by atoms with van der Waals surface area (Å²) in [6.07, 6.45) is -4.17. The molecule has 1 aliphatic rings. The molecule has 1 aromatic heterocycles. The minimum Gasteiger partial charge on any atom is -0.423 e. The van der Waals surface area contributed by atoms with E-state index in [1.54, 1.807) is 0 Å². The highest BCUT2D eigenvalue weighted by Gasteiger charge is 2.51. The highest BCUT2D eigenvalue weighted by atomic mass is 32.1. The van der Waals surface area contributed by atoms with E-state index in [4.69, 9.17) is 12.2 Å². The van der Waals surface area contributed by atoms with Crippen molar-refractivity contribution in [2.75, 3.05) is 4.90 Å². The number of halogens is 3. The van der Waals surface area contributed by atoms with Gasteiger partial charge in [-0.05, 0) is 32.1 Å². The molecule has 0 radical (unpaired) electrons. The van der Waals surface area contributed by atoms with Crippen molar-refractivity contribution in [3.63, 3.8) is 0 Å². The third-order valence-corrected chi connectivity index (χ3v) is 4.83. The molecule has 2 heterocycles. The summed E-state index contributed by atoms with van der Waals surface area (Å²) in [6, 6.07) is 0.822. The smallest absolute Gasteiger partial charge is 0.423 e. The van der Waals surface area contributed by atoms with Gasteiger partial charge in [-0.25, -0.2) is 18.5 Å². The van der Waals surface area contributed by atoms with E-state index in [1.807, 2.05) is 0 Å². The minimum absolute atomic E-state index is 0.0911. The number of benzene rings is 1. The number of hydrogen-bond acceptors (Lipinski definition) is 5. The molecule has 1 aromatic carbocycles. The van der Waals surface area contributed by atoms with Crippen molar-refractivity contribution < 1.29 is 22.7 Å². The van der Waals surface area contributed by atoms with Gasteiger partial charge in [0.15, 0.2) is 16.3 Å². The van der Waals surface area contributed by atoms with Crippen molar-refractivity contribution in [2.45, 2.75) is 26.0 Å². The van der Waals surface area contributed by atoms with Crippen molar-refractivity contribution in [2.24, 2.45) is 14.1 Å². The average Bonchev–Trinajstić information content (AvgIpc) is 2.60. The fourth-order valence-corrected chi connectivity index (χ4v) is 3.05. The van der Waals surface area contributed by atoms with E-state index in [1.165, 1.54) is 27.9 Å². The van der Waals surface area contributed by atoms with Crippen LogP contribution in [0.25, 0.3) is 5.69 Å². The van der Waals surface area contributed by atoms with E-state index in [2.05, 4.69) is 4.74 Å². The molecule has 0 saturated heterocycles. The monoisotopic (exact) mass is 416 g/mol. The van der Waals surface area contributed by atoms with E-state index in [0.717, 1.165) is 20.1 Å². The van der Waals surface area contributed by atoms with Crippen LogP contribution < -0.4 is 21.0 Å². The average molecular weight is 416 g/mol. The molecule has 150 valence electrons. The second kappa shape index (κ2) is 6.33. The van der Waals surface area contributed by atoms with Crippen LogP contribution in [0.15, 0.2) is 21.7 Å². The maximum Gasteiger partial charge on any atom is 0.482 e. The second-order valence-corrected chi connectivity index (χ2v) is 6.83. The Labute approximate surface area is 161 Å². The molecule has 0 N–H and O–H groups in total. The summed E-state index contributed by atoms with van der Waals surface area (Å²) in [5, 5.41) is 0. The van der Waals surface area contributed by atoms with Crippen molar-refractivity contribution in [3.05, 3.63) is 43.7 Å². The zero-order valence-electron chi connectivity index (χ0n) is 15.2.